The molecule has 2 rings (SSSR count). The Bertz CT molecular complexity index is 903. The number of carbonyl (C=O) groups is 2. The summed E-state index contributed by atoms with van der Waals surface area (Å²) in [5, 5.41) is 9.16. The van der Waals surface area contributed by atoms with E-state index in [1.165, 1.54) is 12.1 Å². The summed E-state index contributed by atoms with van der Waals surface area (Å²) in [5.74, 6) is -2.34. The Morgan fingerprint density at radius 3 is 2.42 bits per heavy atom. The van der Waals surface area contributed by atoms with Gasteiger partial charge in [-0.25, -0.2) is 13.2 Å². The van der Waals surface area contributed by atoms with Gasteiger partial charge in [0.1, 0.15) is 19.9 Å². The first-order valence-electron chi connectivity index (χ1n) is 6.13. The second kappa shape index (κ2) is 6.98. The number of rotatable bonds is 5. The molecule has 0 amide bonds. The Morgan fingerprint density at radius 1 is 1.25 bits per heavy atom. The fraction of sp³-hybridized carbons (Fsp3) is 0.0769. The van der Waals surface area contributed by atoms with Crippen LogP contribution in [0.3, 0.4) is 0 Å². The van der Waals surface area contributed by atoms with Crippen molar-refractivity contribution in [3.05, 3.63) is 39.2 Å². The van der Waals surface area contributed by atoms with Crippen molar-refractivity contribution < 1.29 is 27.9 Å². The van der Waals surface area contributed by atoms with Crippen molar-refractivity contribution in [2.24, 2.45) is 0 Å². The zero-order valence-electron chi connectivity index (χ0n) is 11.9. The van der Waals surface area contributed by atoms with Crippen LogP contribution in [0.1, 0.15) is 17.3 Å². The number of esters is 1. The molecule has 128 valence electrons. The highest BCUT2D eigenvalue weighted by Gasteiger charge is 2.21. The molecule has 2 aromatic rings. The SMILES string of the molecule is CC(=O)Oc1cc(NS(=O)(=O)c2cc(Cl)c(Cl)s2)ccc1C(=O)O. The maximum Gasteiger partial charge on any atom is 0.339 e. The maximum atomic E-state index is 12.3. The number of halogens is 2. The predicted molar refractivity (Wildman–Crippen MR) is 89.9 cm³/mol. The monoisotopic (exact) mass is 409 g/mol. The number of thiophene rings is 1. The van der Waals surface area contributed by atoms with Gasteiger partial charge in [-0.15, -0.1) is 11.3 Å². The average Bonchev–Trinajstić information content (AvgIpc) is 2.78. The number of hydrogen-bond acceptors (Lipinski definition) is 6. The normalized spacial score (nSPS) is 11.1. The molecule has 0 fully saturated rings. The Balaban J connectivity index is 2.38. The number of hydrogen-bond donors (Lipinski definition) is 2. The van der Waals surface area contributed by atoms with Crippen molar-refractivity contribution in [2.75, 3.05) is 4.72 Å². The number of anilines is 1. The molecule has 0 aliphatic rings. The zero-order chi connectivity index (χ0) is 18.1. The smallest absolute Gasteiger partial charge is 0.339 e. The summed E-state index contributed by atoms with van der Waals surface area (Å²) < 4.78 is 31.6. The van der Waals surface area contributed by atoms with E-state index in [0.717, 1.165) is 30.4 Å². The molecule has 7 nitrogen and oxygen atoms in total. The van der Waals surface area contributed by atoms with Gasteiger partial charge in [0.05, 0.1) is 10.7 Å². The van der Waals surface area contributed by atoms with Crippen molar-refractivity contribution in [3.63, 3.8) is 0 Å². The van der Waals surface area contributed by atoms with E-state index < -0.39 is 22.0 Å². The van der Waals surface area contributed by atoms with Crippen LogP contribution in [0.4, 0.5) is 5.69 Å². The van der Waals surface area contributed by atoms with Gasteiger partial charge in [0.25, 0.3) is 10.0 Å². The summed E-state index contributed by atoms with van der Waals surface area (Å²) in [6.07, 6.45) is 0. The molecule has 0 spiro atoms. The highest BCUT2D eigenvalue weighted by Crippen LogP contribution is 2.35. The van der Waals surface area contributed by atoms with Gasteiger partial charge in [0, 0.05) is 13.0 Å². The molecule has 0 saturated carbocycles. The minimum absolute atomic E-state index is 0.0110. The molecule has 0 aliphatic carbocycles. The minimum Gasteiger partial charge on any atom is -0.478 e. The lowest BCUT2D eigenvalue weighted by Gasteiger charge is -2.10. The van der Waals surface area contributed by atoms with Gasteiger partial charge in [-0.05, 0) is 18.2 Å². The summed E-state index contributed by atoms with van der Waals surface area (Å²) in [4.78, 5) is 22.2. The van der Waals surface area contributed by atoms with Crippen LogP contribution in [0.5, 0.6) is 5.75 Å². The van der Waals surface area contributed by atoms with Crippen LogP contribution in [0.15, 0.2) is 28.5 Å². The second-order valence-corrected chi connectivity index (χ2v) is 8.37. The third-order valence-electron chi connectivity index (χ3n) is 2.61. The average molecular weight is 410 g/mol. The predicted octanol–water partition coefficient (Wildman–Crippen LogP) is 3.48. The van der Waals surface area contributed by atoms with Gasteiger partial charge < -0.3 is 9.84 Å². The first-order valence-corrected chi connectivity index (χ1v) is 9.19. The van der Waals surface area contributed by atoms with Crippen LogP contribution in [0, 0.1) is 0 Å². The van der Waals surface area contributed by atoms with Crippen LogP contribution in [0.2, 0.25) is 9.36 Å². The first kappa shape index (κ1) is 18.5. The third kappa shape index (κ3) is 4.18. The van der Waals surface area contributed by atoms with Gasteiger partial charge in [0.15, 0.2) is 0 Å². The highest BCUT2D eigenvalue weighted by atomic mass is 35.5. The number of carbonyl (C=O) groups excluding carboxylic acids is 1. The quantitative estimate of drug-likeness (QED) is 0.577. The van der Waals surface area contributed by atoms with Crippen LogP contribution in [-0.2, 0) is 14.8 Å². The molecule has 1 aromatic heterocycles. The Kier molecular flexibility index (Phi) is 5.38. The molecule has 2 N–H and O–H groups in total. The molecular weight excluding hydrogens is 401 g/mol. The lowest BCUT2D eigenvalue weighted by molar-refractivity contribution is -0.131. The fourth-order valence-electron chi connectivity index (χ4n) is 1.67. The lowest BCUT2D eigenvalue weighted by atomic mass is 10.2. The van der Waals surface area contributed by atoms with Crippen LogP contribution in [-0.4, -0.2) is 25.5 Å². The third-order valence-corrected chi connectivity index (χ3v) is 6.33. The summed E-state index contributed by atoms with van der Waals surface area (Å²) in [6, 6.07) is 4.63. The number of ether oxygens (including phenoxy) is 1. The number of carboxylic acids is 1. The number of benzene rings is 1. The Morgan fingerprint density at radius 2 is 1.92 bits per heavy atom. The molecule has 0 bridgehead atoms. The number of aromatic carboxylic acids is 1. The highest BCUT2D eigenvalue weighted by molar-refractivity contribution is 7.94. The summed E-state index contributed by atoms with van der Waals surface area (Å²) >= 11 is 12.3. The van der Waals surface area contributed by atoms with Crippen LogP contribution < -0.4 is 9.46 Å². The molecule has 11 heteroatoms. The van der Waals surface area contributed by atoms with Gasteiger partial charge in [0.2, 0.25) is 0 Å². The van der Waals surface area contributed by atoms with Crippen molar-refractivity contribution in [1.82, 2.24) is 0 Å². The van der Waals surface area contributed by atoms with E-state index >= 15 is 0 Å². The second-order valence-electron chi connectivity index (χ2n) is 4.40. The molecular formula is C13H9Cl2NO6S2. The lowest BCUT2D eigenvalue weighted by Crippen LogP contribution is -2.13. The molecule has 0 radical (unpaired) electrons. The molecule has 0 saturated heterocycles. The van der Waals surface area contributed by atoms with E-state index in [-0.39, 0.29) is 30.6 Å². The Hall–Kier alpha value is -1.81. The fourth-order valence-corrected chi connectivity index (χ4v) is 4.60. The molecule has 0 atom stereocenters. The van der Waals surface area contributed by atoms with Gasteiger partial charge in [-0.3, -0.25) is 9.52 Å². The zero-order valence-corrected chi connectivity index (χ0v) is 15.0. The van der Waals surface area contributed by atoms with E-state index in [1.54, 1.807) is 0 Å². The molecule has 1 heterocycles. The minimum atomic E-state index is -3.98. The Labute approximate surface area is 150 Å². The molecule has 0 unspecified atom stereocenters. The van der Waals surface area contributed by atoms with E-state index in [1.807, 2.05) is 0 Å². The van der Waals surface area contributed by atoms with E-state index in [0.29, 0.717) is 0 Å². The topological polar surface area (TPSA) is 110 Å². The largest absolute Gasteiger partial charge is 0.478 e. The van der Waals surface area contributed by atoms with Gasteiger partial charge in [-0.2, -0.15) is 0 Å². The van der Waals surface area contributed by atoms with Crippen LogP contribution in [0.25, 0.3) is 0 Å². The van der Waals surface area contributed by atoms with Crippen molar-refractivity contribution >= 4 is 62.2 Å². The standard InChI is InChI=1S/C13H9Cl2NO6S2/c1-6(17)22-10-4-7(2-3-8(10)13(18)19)16-24(20,21)11-5-9(14)12(15)23-11/h2-5,16H,1H3,(H,18,19). The number of sulfonamides is 1. The summed E-state index contributed by atoms with van der Waals surface area (Å²) in [5.41, 5.74) is -0.271. The van der Waals surface area contributed by atoms with E-state index in [2.05, 4.69) is 4.72 Å². The van der Waals surface area contributed by atoms with Crippen molar-refractivity contribution in [3.8, 4) is 5.75 Å². The molecule has 1 aromatic carbocycles. The molecule has 24 heavy (non-hydrogen) atoms. The number of carboxylic acid groups (broad SMARTS) is 1. The van der Waals surface area contributed by atoms with E-state index in [9.17, 15) is 18.0 Å². The maximum absolute atomic E-state index is 12.3. The first-order chi connectivity index (χ1) is 11.1. The van der Waals surface area contributed by atoms with Crippen LogP contribution >= 0.6 is 34.5 Å². The van der Waals surface area contributed by atoms with E-state index in [4.69, 9.17) is 33.0 Å². The summed E-state index contributed by atoms with van der Waals surface area (Å²) in [6.45, 7) is 1.10. The summed E-state index contributed by atoms with van der Waals surface area (Å²) in [7, 11) is -3.98. The van der Waals surface area contributed by atoms with Gasteiger partial charge in [-0.1, -0.05) is 23.2 Å². The number of nitrogens with one attached hydrogen (secondary N) is 1. The van der Waals surface area contributed by atoms with Crippen molar-refractivity contribution in [1.29, 1.82) is 0 Å². The van der Waals surface area contributed by atoms with Crippen molar-refractivity contribution in [2.45, 2.75) is 11.1 Å². The molecule has 0 aliphatic heterocycles. The van der Waals surface area contributed by atoms with Gasteiger partial charge >= 0.3 is 11.9 Å².